The number of amides is 3. The molecule has 0 radical (unpaired) electrons. The van der Waals surface area contributed by atoms with Crippen molar-refractivity contribution in [3.63, 3.8) is 0 Å². The lowest BCUT2D eigenvalue weighted by atomic mass is 9.92. The Kier molecular flexibility index (Phi) is 4.66. The Hall–Kier alpha value is -3.74. The third kappa shape index (κ3) is 3.32. The van der Waals surface area contributed by atoms with Gasteiger partial charge in [0.05, 0.1) is 29.9 Å². The van der Waals surface area contributed by atoms with Gasteiger partial charge in [-0.3, -0.25) is 24.0 Å². The maximum absolute atomic E-state index is 12.9. The lowest BCUT2D eigenvalue weighted by Gasteiger charge is -2.24. The van der Waals surface area contributed by atoms with Gasteiger partial charge in [0.2, 0.25) is 0 Å². The summed E-state index contributed by atoms with van der Waals surface area (Å²) < 4.78 is 2.01. The lowest BCUT2D eigenvalue weighted by molar-refractivity contribution is 0.0693. The molecule has 2 aromatic carbocycles. The highest BCUT2D eigenvalue weighted by molar-refractivity contribution is 6.21. The predicted octanol–water partition coefficient (Wildman–Crippen LogP) is 2.96. The fourth-order valence-electron chi connectivity index (χ4n) is 4.41. The van der Waals surface area contributed by atoms with Gasteiger partial charge in [0, 0.05) is 23.9 Å². The van der Waals surface area contributed by atoms with Crippen LogP contribution in [0.15, 0.2) is 54.7 Å². The molecule has 1 N–H and O–H groups in total. The minimum Gasteiger partial charge on any atom is -0.345 e. The first kappa shape index (κ1) is 19.2. The van der Waals surface area contributed by atoms with E-state index in [1.54, 1.807) is 12.1 Å². The first-order valence-corrected chi connectivity index (χ1v) is 10.4. The summed E-state index contributed by atoms with van der Waals surface area (Å²) in [5.41, 5.74) is 4.37. The van der Waals surface area contributed by atoms with Crippen LogP contribution in [0.25, 0.3) is 0 Å². The van der Waals surface area contributed by atoms with Crippen LogP contribution in [0.2, 0.25) is 0 Å². The van der Waals surface area contributed by atoms with Crippen LogP contribution in [0, 0.1) is 0 Å². The van der Waals surface area contributed by atoms with Crippen molar-refractivity contribution in [2.24, 2.45) is 0 Å². The van der Waals surface area contributed by atoms with E-state index in [2.05, 4.69) is 22.5 Å². The zero-order valence-corrected chi connectivity index (χ0v) is 17.2. The summed E-state index contributed by atoms with van der Waals surface area (Å²) in [5, 5.41) is 7.67. The summed E-state index contributed by atoms with van der Waals surface area (Å²) in [6.07, 6.45) is 4.57. The summed E-state index contributed by atoms with van der Waals surface area (Å²) in [4.78, 5) is 38.3. The van der Waals surface area contributed by atoms with E-state index in [9.17, 15) is 14.4 Å². The molecule has 0 bridgehead atoms. The highest BCUT2D eigenvalue weighted by atomic mass is 16.2. The quantitative estimate of drug-likeness (QED) is 0.666. The van der Waals surface area contributed by atoms with E-state index in [0.717, 1.165) is 35.4 Å². The highest BCUT2D eigenvalue weighted by Gasteiger charge is 2.33. The second-order valence-corrected chi connectivity index (χ2v) is 8.04. The van der Waals surface area contributed by atoms with Crippen LogP contribution in [0.3, 0.4) is 0 Å². The van der Waals surface area contributed by atoms with Crippen LogP contribution in [0.1, 0.15) is 66.8 Å². The molecule has 156 valence electrons. The fourth-order valence-corrected chi connectivity index (χ4v) is 4.41. The van der Waals surface area contributed by atoms with Crippen LogP contribution in [0.4, 0.5) is 0 Å². The average Bonchev–Trinajstić information content (AvgIpc) is 3.30. The molecule has 1 aliphatic heterocycles. The van der Waals surface area contributed by atoms with Gasteiger partial charge in [-0.15, -0.1) is 0 Å². The number of fused-ring (bicyclic) bond motifs is 2. The molecule has 1 aliphatic carbocycles. The molecule has 3 amide bonds. The number of hydrogen-bond acceptors (Lipinski definition) is 4. The number of hydrogen-bond donors (Lipinski definition) is 1. The molecule has 1 atom stereocenters. The largest absolute Gasteiger partial charge is 0.345 e. The standard InChI is InChI=1S/C24H22N4O3/c1-27-23(30)17-11-10-16(12-18(17)24(27)31)22(29)26-20-8-5-9-21-19(20)13-25-28(21)14-15-6-3-2-4-7-15/h2-4,6-7,10-13,20H,5,8-9,14H2,1H3,(H,26,29)/t20-/m0/s1. The van der Waals surface area contributed by atoms with Crippen molar-refractivity contribution in [3.05, 3.63) is 88.2 Å². The number of carbonyl (C=O) groups is 3. The number of nitrogens with one attached hydrogen (secondary N) is 1. The normalized spacial score (nSPS) is 17.5. The molecule has 0 spiro atoms. The molecular weight excluding hydrogens is 392 g/mol. The zero-order valence-electron chi connectivity index (χ0n) is 17.2. The Bertz CT molecular complexity index is 1200. The van der Waals surface area contributed by atoms with Crippen LogP contribution in [-0.2, 0) is 13.0 Å². The van der Waals surface area contributed by atoms with Crippen molar-refractivity contribution in [1.82, 2.24) is 20.0 Å². The molecular formula is C24H22N4O3. The molecule has 0 saturated carbocycles. The second kappa shape index (κ2) is 7.50. The molecule has 2 heterocycles. The molecule has 5 rings (SSSR count). The number of rotatable bonds is 4. The van der Waals surface area contributed by atoms with Gasteiger partial charge in [-0.25, -0.2) is 0 Å². The fraction of sp³-hybridized carbons (Fsp3) is 0.250. The van der Waals surface area contributed by atoms with Gasteiger partial charge < -0.3 is 5.32 Å². The van der Waals surface area contributed by atoms with Gasteiger partial charge in [0.25, 0.3) is 17.7 Å². The topological polar surface area (TPSA) is 84.3 Å². The number of imide groups is 1. The van der Waals surface area contributed by atoms with Gasteiger partial charge in [0.15, 0.2) is 0 Å². The lowest BCUT2D eigenvalue weighted by Crippen LogP contribution is -2.31. The van der Waals surface area contributed by atoms with E-state index in [4.69, 9.17) is 0 Å². The third-order valence-corrected chi connectivity index (χ3v) is 6.10. The molecule has 31 heavy (non-hydrogen) atoms. The number of aromatic nitrogens is 2. The van der Waals surface area contributed by atoms with Crippen molar-refractivity contribution in [1.29, 1.82) is 0 Å². The minimum atomic E-state index is -0.378. The molecule has 3 aromatic rings. The SMILES string of the molecule is CN1C(=O)c2ccc(C(=O)N[C@H]3CCCc4c3cnn4Cc3ccccc3)cc2C1=O. The van der Waals surface area contributed by atoms with Crippen molar-refractivity contribution < 1.29 is 14.4 Å². The van der Waals surface area contributed by atoms with E-state index in [-0.39, 0.29) is 29.3 Å². The molecule has 7 heteroatoms. The third-order valence-electron chi connectivity index (χ3n) is 6.10. The maximum Gasteiger partial charge on any atom is 0.261 e. The van der Waals surface area contributed by atoms with E-state index in [1.807, 2.05) is 29.1 Å². The summed E-state index contributed by atoms with van der Waals surface area (Å²) in [5.74, 6) is -0.974. The Labute approximate surface area is 179 Å². The van der Waals surface area contributed by atoms with Crippen molar-refractivity contribution in [2.75, 3.05) is 7.05 Å². The van der Waals surface area contributed by atoms with Crippen molar-refractivity contribution in [2.45, 2.75) is 31.8 Å². The Morgan fingerprint density at radius 3 is 2.68 bits per heavy atom. The average molecular weight is 414 g/mol. The predicted molar refractivity (Wildman–Crippen MR) is 114 cm³/mol. The first-order chi connectivity index (χ1) is 15.0. The van der Waals surface area contributed by atoms with Crippen molar-refractivity contribution >= 4 is 17.7 Å². The number of carbonyl (C=O) groups excluding carboxylic acids is 3. The van der Waals surface area contributed by atoms with E-state index in [0.29, 0.717) is 17.7 Å². The maximum atomic E-state index is 12.9. The Morgan fingerprint density at radius 2 is 1.87 bits per heavy atom. The Morgan fingerprint density at radius 1 is 1.10 bits per heavy atom. The number of benzene rings is 2. The molecule has 0 unspecified atom stereocenters. The Balaban J connectivity index is 1.36. The summed E-state index contributed by atoms with van der Waals surface area (Å²) >= 11 is 0. The number of nitrogens with zero attached hydrogens (tertiary/aromatic N) is 3. The molecule has 7 nitrogen and oxygen atoms in total. The summed E-state index contributed by atoms with van der Waals surface area (Å²) in [6.45, 7) is 0.700. The first-order valence-electron chi connectivity index (χ1n) is 10.4. The molecule has 0 fully saturated rings. The van der Waals surface area contributed by atoms with E-state index >= 15 is 0 Å². The van der Waals surface area contributed by atoms with Crippen LogP contribution >= 0.6 is 0 Å². The molecule has 1 aromatic heterocycles. The van der Waals surface area contributed by atoms with Gasteiger partial charge >= 0.3 is 0 Å². The van der Waals surface area contributed by atoms with E-state index in [1.165, 1.54) is 18.7 Å². The monoisotopic (exact) mass is 414 g/mol. The van der Waals surface area contributed by atoms with Crippen LogP contribution < -0.4 is 5.32 Å². The van der Waals surface area contributed by atoms with Gasteiger partial charge in [0.1, 0.15) is 0 Å². The van der Waals surface area contributed by atoms with E-state index < -0.39 is 0 Å². The van der Waals surface area contributed by atoms with Gasteiger partial charge in [-0.05, 0) is 43.0 Å². The smallest absolute Gasteiger partial charge is 0.261 e. The summed E-state index contributed by atoms with van der Waals surface area (Å²) in [7, 11) is 1.45. The molecule has 2 aliphatic rings. The van der Waals surface area contributed by atoms with Crippen molar-refractivity contribution in [3.8, 4) is 0 Å². The van der Waals surface area contributed by atoms with Gasteiger partial charge in [-0.2, -0.15) is 5.10 Å². The van der Waals surface area contributed by atoms with Crippen LogP contribution in [0.5, 0.6) is 0 Å². The van der Waals surface area contributed by atoms with Gasteiger partial charge in [-0.1, -0.05) is 30.3 Å². The molecule has 0 saturated heterocycles. The highest BCUT2D eigenvalue weighted by Crippen LogP contribution is 2.30. The summed E-state index contributed by atoms with van der Waals surface area (Å²) in [6, 6.07) is 14.7. The minimum absolute atomic E-state index is 0.131. The second-order valence-electron chi connectivity index (χ2n) is 8.04. The van der Waals surface area contributed by atoms with Crippen LogP contribution in [-0.4, -0.2) is 39.4 Å². The zero-order chi connectivity index (χ0) is 21.5.